The second kappa shape index (κ2) is 13.9. The first-order valence-corrected chi connectivity index (χ1v) is 14.4. The van der Waals surface area contributed by atoms with Gasteiger partial charge in [-0.05, 0) is 29.2 Å². The number of carbonyl (C=O) groups is 2. The molecule has 1 amide bonds. The molecule has 218 valence electrons. The van der Waals surface area contributed by atoms with Gasteiger partial charge in [-0.15, -0.1) is 0 Å². The molecule has 7 heteroatoms. The van der Waals surface area contributed by atoms with Gasteiger partial charge in [0.15, 0.2) is 11.5 Å². The van der Waals surface area contributed by atoms with Crippen LogP contribution in [0.1, 0.15) is 46.4 Å². The number of para-hydroxylation sites is 1. The van der Waals surface area contributed by atoms with Crippen LogP contribution in [0.15, 0.2) is 109 Å². The second-order valence-electron chi connectivity index (χ2n) is 10.4. The average Bonchev–Trinajstić information content (AvgIpc) is 3.06. The quantitative estimate of drug-likeness (QED) is 0.174. The van der Waals surface area contributed by atoms with E-state index in [1.54, 1.807) is 12.1 Å². The van der Waals surface area contributed by atoms with Crippen molar-refractivity contribution in [3.8, 4) is 17.0 Å². The van der Waals surface area contributed by atoms with Crippen LogP contribution in [0.25, 0.3) is 22.2 Å². The van der Waals surface area contributed by atoms with E-state index in [1.165, 1.54) is 0 Å². The lowest BCUT2D eigenvalue weighted by atomic mass is 9.99. The first kappa shape index (κ1) is 29.6. The van der Waals surface area contributed by atoms with Crippen LogP contribution in [0.5, 0.6) is 5.75 Å². The zero-order valence-electron chi connectivity index (χ0n) is 24.1. The summed E-state index contributed by atoms with van der Waals surface area (Å²) in [5, 5.41) is 13.5. The summed E-state index contributed by atoms with van der Waals surface area (Å²) < 4.78 is 6.33. The Morgan fingerprint density at radius 1 is 0.860 bits per heavy atom. The molecule has 5 rings (SSSR count). The van der Waals surface area contributed by atoms with E-state index in [1.807, 2.05) is 104 Å². The number of aliphatic hydroxyl groups is 1. The number of aliphatic hydroxyl groups excluding tert-OH is 1. The fraction of sp³-hybridized carbons (Fsp3) is 0.194. The van der Waals surface area contributed by atoms with Gasteiger partial charge in [-0.3, -0.25) is 9.59 Å². The molecule has 0 aliphatic rings. The minimum absolute atomic E-state index is 0.0609. The average molecular weight is 574 g/mol. The van der Waals surface area contributed by atoms with E-state index >= 15 is 0 Å². The summed E-state index contributed by atoms with van der Waals surface area (Å²) >= 11 is 0. The first-order chi connectivity index (χ1) is 21.0. The summed E-state index contributed by atoms with van der Waals surface area (Å²) in [6, 6.07) is 32.8. The summed E-state index contributed by atoms with van der Waals surface area (Å²) in [6.07, 6.45) is 0.751. The lowest BCUT2D eigenvalue weighted by Gasteiger charge is -2.22. The van der Waals surface area contributed by atoms with Gasteiger partial charge in [-0.1, -0.05) is 110 Å². The van der Waals surface area contributed by atoms with E-state index in [9.17, 15) is 14.7 Å². The second-order valence-corrected chi connectivity index (χ2v) is 10.4. The maximum atomic E-state index is 14.2. The Balaban J connectivity index is 1.53. The number of aromatic nitrogens is 1. The van der Waals surface area contributed by atoms with Gasteiger partial charge in [-0.2, -0.15) is 0 Å². The highest BCUT2D eigenvalue weighted by Gasteiger charge is 2.26. The van der Waals surface area contributed by atoms with E-state index in [4.69, 9.17) is 15.5 Å². The molecule has 0 saturated carbocycles. The van der Waals surface area contributed by atoms with Crippen LogP contribution < -0.4 is 15.8 Å². The van der Waals surface area contributed by atoms with E-state index in [-0.39, 0.29) is 43.1 Å². The van der Waals surface area contributed by atoms with Gasteiger partial charge < -0.3 is 20.9 Å². The minimum atomic E-state index is -0.967. The molecular weight excluding hydrogens is 538 g/mol. The standard InChI is InChI=1S/C36H35N3O4/c1-2-30(24-13-5-3-6-14-24)39-36(42)33-28-19-11-12-20-31(28)38-34(25-15-7-4-8-16-25)35(33)43-23-29(37)32(41)21-26-17-9-10-18-27(26)22-40/h3-20,29-30,40H,2,21-23,37H2,1H3,(H,39,42)/t29?,30-/m0/s1. The Kier molecular flexibility index (Phi) is 9.56. The number of ketones is 1. The zero-order chi connectivity index (χ0) is 30.2. The summed E-state index contributed by atoms with van der Waals surface area (Å²) in [5.41, 5.74) is 11.0. The van der Waals surface area contributed by atoms with Crippen molar-refractivity contribution in [3.05, 3.63) is 131 Å². The van der Waals surface area contributed by atoms with Crippen LogP contribution in [0.2, 0.25) is 0 Å². The molecule has 5 aromatic rings. The number of hydrogen-bond acceptors (Lipinski definition) is 6. The van der Waals surface area contributed by atoms with Crippen LogP contribution in [-0.4, -0.2) is 34.4 Å². The maximum absolute atomic E-state index is 14.2. The zero-order valence-corrected chi connectivity index (χ0v) is 24.1. The normalized spacial score (nSPS) is 12.4. The van der Waals surface area contributed by atoms with Crippen LogP contribution in [-0.2, 0) is 17.8 Å². The molecule has 0 fully saturated rings. The van der Waals surface area contributed by atoms with Crippen molar-refractivity contribution >= 4 is 22.6 Å². The van der Waals surface area contributed by atoms with Crippen molar-refractivity contribution in [2.45, 2.75) is 38.5 Å². The predicted octanol–water partition coefficient (Wildman–Crippen LogP) is 5.79. The summed E-state index contributed by atoms with van der Waals surface area (Å²) in [4.78, 5) is 32.2. The monoisotopic (exact) mass is 573 g/mol. The van der Waals surface area contributed by atoms with Crippen molar-refractivity contribution in [2.24, 2.45) is 5.73 Å². The van der Waals surface area contributed by atoms with Gasteiger partial charge in [0.1, 0.15) is 12.3 Å². The fourth-order valence-corrected chi connectivity index (χ4v) is 5.16. The fourth-order valence-electron chi connectivity index (χ4n) is 5.16. The number of rotatable bonds is 12. The topological polar surface area (TPSA) is 115 Å². The van der Waals surface area contributed by atoms with Gasteiger partial charge >= 0.3 is 0 Å². The molecule has 0 spiro atoms. The SMILES string of the molecule is CC[C@H](NC(=O)c1c(OCC(N)C(=O)Cc2ccccc2CO)c(-c2ccccc2)nc2ccccc12)c1ccccc1. The number of hydrogen-bond donors (Lipinski definition) is 3. The Bertz CT molecular complexity index is 1710. The molecule has 0 radical (unpaired) electrons. The maximum Gasteiger partial charge on any atom is 0.256 e. The minimum Gasteiger partial charge on any atom is -0.488 e. The molecule has 7 nitrogen and oxygen atoms in total. The predicted molar refractivity (Wildman–Crippen MR) is 169 cm³/mol. The number of nitrogens with one attached hydrogen (secondary N) is 1. The number of benzene rings is 4. The van der Waals surface area contributed by atoms with Crippen LogP contribution in [0.3, 0.4) is 0 Å². The number of nitrogens with zero attached hydrogens (tertiary/aromatic N) is 1. The third-order valence-electron chi connectivity index (χ3n) is 7.51. The van der Waals surface area contributed by atoms with E-state index < -0.39 is 6.04 Å². The number of ether oxygens (including phenoxy) is 1. The summed E-state index contributed by atoms with van der Waals surface area (Å²) in [6.45, 7) is 1.70. The molecular formula is C36H35N3O4. The van der Waals surface area contributed by atoms with Crippen LogP contribution in [0, 0.1) is 0 Å². The van der Waals surface area contributed by atoms with Crippen LogP contribution in [0.4, 0.5) is 0 Å². The molecule has 1 aromatic heterocycles. The smallest absolute Gasteiger partial charge is 0.256 e. The highest BCUT2D eigenvalue weighted by molar-refractivity contribution is 6.10. The van der Waals surface area contributed by atoms with Gasteiger partial charge in [0.05, 0.1) is 29.8 Å². The highest BCUT2D eigenvalue weighted by atomic mass is 16.5. The van der Waals surface area contributed by atoms with E-state index in [2.05, 4.69) is 5.32 Å². The first-order valence-electron chi connectivity index (χ1n) is 14.4. The molecule has 0 aliphatic carbocycles. The Morgan fingerprint density at radius 2 is 1.49 bits per heavy atom. The number of Topliss-reactive ketones (excluding diaryl/α,β-unsaturated/α-hetero) is 1. The molecule has 1 heterocycles. The lowest BCUT2D eigenvalue weighted by molar-refractivity contribution is -0.120. The number of amides is 1. The number of fused-ring (bicyclic) bond motifs is 1. The third-order valence-corrected chi connectivity index (χ3v) is 7.51. The molecule has 0 aliphatic heterocycles. The van der Waals surface area contributed by atoms with Crippen molar-refractivity contribution in [3.63, 3.8) is 0 Å². The van der Waals surface area contributed by atoms with Crippen molar-refractivity contribution < 1.29 is 19.4 Å². The van der Waals surface area contributed by atoms with E-state index in [0.717, 1.165) is 16.7 Å². The Labute approximate surface area is 251 Å². The van der Waals surface area contributed by atoms with Crippen molar-refractivity contribution in [1.82, 2.24) is 10.3 Å². The van der Waals surface area contributed by atoms with Crippen molar-refractivity contribution in [2.75, 3.05) is 6.61 Å². The van der Waals surface area contributed by atoms with Gasteiger partial charge in [0, 0.05) is 17.4 Å². The molecule has 4 aromatic carbocycles. The highest BCUT2D eigenvalue weighted by Crippen LogP contribution is 2.37. The Hall–Kier alpha value is -4.85. The number of pyridine rings is 1. The molecule has 2 atom stereocenters. The van der Waals surface area contributed by atoms with Gasteiger partial charge in [0.2, 0.25) is 0 Å². The third kappa shape index (κ3) is 6.80. The van der Waals surface area contributed by atoms with Crippen molar-refractivity contribution in [1.29, 1.82) is 0 Å². The Morgan fingerprint density at radius 3 is 2.19 bits per heavy atom. The van der Waals surface area contributed by atoms with Gasteiger partial charge in [-0.25, -0.2) is 4.98 Å². The lowest BCUT2D eigenvalue weighted by Crippen LogP contribution is -2.38. The largest absolute Gasteiger partial charge is 0.488 e. The molecule has 1 unspecified atom stereocenters. The van der Waals surface area contributed by atoms with Crippen LogP contribution >= 0.6 is 0 Å². The molecule has 0 bridgehead atoms. The molecule has 43 heavy (non-hydrogen) atoms. The number of carbonyl (C=O) groups excluding carboxylic acids is 2. The van der Waals surface area contributed by atoms with E-state index in [0.29, 0.717) is 34.1 Å². The number of nitrogens with two attached hydrogens (primary N) is 1. The summed E-state index contributed by atoms with van der Waals surface area (Å²) in [7, 11) is 0. The molecule has 0 saturated heterocycles. The van der Waals surface area contributed by atoms with Gasteiger partial charge in [0.25, 0.3) is 5.91 Å². The summed E-state index contributed by atoms with van der Waals surface area (Å²) in [5.74, 6) is -0.278. The molecule has 4 N–H and O–H groups in total.